The van der Waals surface area contributed by atoms with Gasteiger partial charge in [0.25, 0.3) is 0 Å². The van der Waals surface area contributed by atoms with Crippen molar-refractivity contribution in [2.24, 2.45) is 0 Å². The van der Waals surface area contributed by atoms with Crippen LogP contribution in [-0.4, -0.2) is 0 Å². The smallest absolute Gasteiger partial charge is 0.0726 e. The number of allylic oxidation sites excluding steroid dienone is 5. The van der Waals surface area contributed by atoms with Crippen LogP contribution in [0.1, 0.15) is 29.2 Å². The molecule has 0 saturated carbocycles. The summed E-state index contributed by atoms with van der Waals surface area (Å²) < 4.78 is 0. The molecular weight excluding hydrogens is 664 g/mol. The molecule has 1 spiro atoms. The van der Waals surface area contributed by atoms with E-state index in [1.54, 1.807) is 0 Å². The summed E-state index contributed by atoms with van der Waals surface area (Å²) in [6.45, 7) is 6.34. The second-order valence-corrected chi connectivity index (χ2v) is 13.9. The van der Waals surface area contributed by atoms with Crippen molar-refractivity contribution in [2.45, 2.75) is 12.3 Å². The molecule has 3 heteroatoms. The van der Waals surface area contributed by atoms with Gasteiger partial charge in [0.2, 0.25) is 0 Å². The Kier molecular flexibility index (Phi) is 8.18. The number of fused-ring (bicyclic) bond motifs is 7. The Morgan fingerprint density at radius 3 is 1.57 bits per heavy atom. The molecule has 0 fully saturated rings. The summed E-state index contributed by atoms with van der Waals surface area (Å²) in [5, 5.41) is 0.693. The summed E-state index contributed by atoms with van der Waals surface area (Å²) in [5.41, 5.74) is 16.0. The van der Waals surface area contributed by atoms with Crippen LogP contribution in [0.15, 0.2) is 206 Å². The predicted molar refractivity (Wildman–Crippen MR) is 225 cm³/mol. The van der Waals surface area contributed by atoms with Gasteiger partial charge < -0.3 is 9.80 Å². The maximum atomic E-state index is 6.57. The van der Waals surface area contributed by atoms with Gasteiger partial charge in [-0.25, -0.2) is 0 Å². The van der Waals surface area contributed by atoms with Crippen molar-refractivity contribution in [1.82, 2.24) is 0 Å². The van der Waals surface area contributed by atoms with E-state index < -0.39 is 5.41 Å². The van der Waals surface area contributed by atoms with E-state index in [0.717, 1.165) is 34.1 Å². The highest BCUT2D eigenvalue weighted by molar-refractivity contribution is 6.30. The lowest BCUT2D eigenvalue weighted by Gasteiger charge is -2.33. The van der Waals surface area contributed by atoms with Crippen LogP contribution in [-0.2, 0) is 5.41 Å². The maximum Gasteiger partial charge on any atom is 0.0726 e. The monoisotopic (exact) mass is 700 g/mol. The molecule has 0 radical (unpaired) electrons. The first-order chi connectivity index (χ1) is 26.1. The van der Waals surface area contributed by atoms with Gasteiger partial charge in [0.1, 0.15) is 0 Å². The van der Waals surface area contributed by atoms with Crippen molar-refractivity contribution < 1.29 is 0 Å². The highest BCUT2D eigenvalue weighted by Gasteiger charge is 2.53. The highest BCUT2D eigenvalue weighted by atomic mass is 35.5. The van der Waals surface area contributed by atoms with Crippen molar-refractivity contribution in [3.05, 3.63) is 234 Å². The minimum Gasteiger partial charge on any atom is -0.310 e. The Labute approximate surface area is 316 Å². The number of nitrogens with zero attached hydrogens (tertiary/aromatic N) is 2. The molecule has 0 N–H and O–H groups in total. The first kappa shape index (κ1) is 32.6. The van der Waals surface area contributed by atoms with Gasteiger partial charge in [0, 0.05) is 39.1 Å². The van der Waals surface area contributed by atoms with Gasteiger partial charge in [0.15, 0.2) is 0 Å². The van der Waals surface area contributed by atoms with Crippen molar-refractivity contribution in [3.63, 3.8) is 0 Å². The molecule has 0 aliphatic heterocycles. The largest absolute Gasteiger partial charge is 0.310 e. The topological polar surface area (TPSA) is 6.48 Å². The van der Waals surface area contributed by atoms with E-state index >= 15 is 0 Å². The second-order valence-electron chi connectivity index (χ2n) is 13.4. The summed E-state index contributed by atoms with van der Waals surface area (Å²) >= 11 is 6.57. The molecule has 53 heavy (non-hydrogen) atoms. The van der Waals surface area contributed by atoms with Gasteiger partial charge >= 0.3 is 0 Å². The Balaban J connectivity index is 1.28. The number of anilines is 6. The molecule has 7 aromatic rings. The molecular formula is C50H37ClN2. The van der Waals surface area contributed by atoms with E-state index in [2.05, 4.69) is 187 Å². The summed E-state index contributed by atoms with van der Waals surface area (Å²) in [6, 6.07) is 62.7. The van der Waals surface area contributed by atoms with Gasteiger partial charge in [-0.2, -0.15) is 0 Å². The third-order valence-corrected chi connectivity index (χ3v) is 10.9. The Hall–Kier alpha value is -6.35. The number of hydrogen-bond donors (Lipinski definition) is 0. The van der Waals surface area contributed by atoms with Crippen molar-refractivity contribution >= 4 is 51.3 Å². The summed E-state index contributed by atoms with van der Waals surface area (Å²) in [4.78, 5) is 4.63. The molecule has 0 heterocycles. The zero-order valence-corrected chi connectivity index (χ0v) is 30.2. The lowest BCUT2D eigenvalue weighted by molar-refractivity contribution is 0.794. The first-order valence-electron chi connectivity index (χ1n) is 18.0. The molecule has 0 amide bonds. The van der Waals surface area contributed by atoms with Crippen LogP contribution in [0.25, 0.3) is 16.7 Å². The van der Waals surface area contributed by atoms with Crippen LogP contribution >= 0.6 is 11.6 Å². The molecule has 2 aliphatic rings. The lowest BCUT2D eigenvalue weighted by atomic mass is 9.70. The molecule has 2 aliphatic carbocycles. The maximum absolute atomic E-state index is 6.57. The third-order valence-electron chi connectivity index (χ3n) is 10.6. The van der Waals surface area contributed by atoms with E-state index in [4.69, 9.17) is 11.6 Å². The van der Waals surface area contributed by atoms with Gasteiger partial charge in [-0.15, -0.1) is 0 Å². The van der Waals surface area contributed by atoms with E-state index in [-0.39, 0.29) is 0 Å². The average Bonchev–Trinajstić information content (AvgIpc) is 3.65. The Bertz CT molecular complexity index is 2570. The fourth-order valence-electron chi connectivity index (χ4n) is 8.60. The van der Waals surface area contributed by atoms with Crippen LogP contribution in [0.2, 0.25) is 5.02 Å². The third kappa shape index (κ3) is 5.17. The Morgan fingerprint density at radius 2 is 0.962 bits per heavy atom. The van der Waals surface area contributed by atoms with Crippen LogP contribution in [0, 0.1) is 0 Å². The van der Waals surface area contributed by atoms with Crippen LogP contribution in [0.5, 0.6) is 0 Å². The fraction of sp³-hybridized carbons (Fsp3) is 0.0400. The first-order valence-corrected chi connectivity index (χ1v) is 18.4. The number of hydrogen-bond acceptors (Lipinski definition) is 2. The normalized spacial score (nSPS) is 16.7. The standard InChI is InChI=1S/C50H37ClN2/c1-3-17-46-42(4-2)43-26-11-13-28-47(43)50(46)48-29-14-12-27-44(48)45-31-30-41(34-49(45)50)53(37-21-9-6-10-22-37)40-25-16-24-39(33-40)52(36-19-7-5-8-20-36)38-23-15-18-35(51)32-38/h3-34H,1H2,2H3/b42-4-,46-17+. The lowest BCUT2D eigenvalue weighted by Crippen LogP contribution is -2.26. The number of para-hydroxylation sites is 2. The molecule has 9 rings (SSSR count). The minimum absolute atomic E-state index is 0.491. The van der Waals surface area contributed by atoms with Crippen LogP contribution < -0.4 is 9.80 Å². The molecule has 7 aromatic carbocycles. The van der Waals surface area contributed by atoms with Crippen molar-refractivity contribution in [1.29, 1.82) is 0 Å². The molecule has 1 atom stereocenters. The van der Waals surface area contributed by atoms with Gasteiger partial charge in [-0.05, 0) is 124 Å². The van der Waals surface area contributed by atoms with Crippen LogP contribution in [0.4, 0.5) is 34.1 Å². The Morgan fingerprint density at radius 1 is 0.472 bits per heavy atom. The predicted octanol–water partition coefficient (Wildman–Crippen LogP) is 14.1. The van der Waals surface area contributed by atoms with Gasteiger partial charge in [-0.1, -0.05) is 140 Å². The van der Waals surface area contributed by atoms with Gasteiger partial charge in [0.05, 0.1) is 5.41 Å². The molecule has 254 valence electrons. The fourth-order valence-corrected chi connectivity index (χ4v) is 8.79. The van der Waals surface area contributed by atoms with E-state index in [9.17, 15) is 0 Å². The van der Waals surface area contributed by atoms with Crippen LogP contribution in [0.3, 0.4) is 0 Å². The molecule has 2 nitrogen and oxygen atoms in total. The SMILES string of the molecule is C=C/C=C1\C(=C/C)c2ccccc2C12c1ccccc1-c1ccc(N(c3ccccc3)c3cccc(N(c4ccccc4)c4cccc(Cl)c4)c3)cc12. The highest BCUT2D eigenvalue weighted by Crippen LogP contribution is 2.64. The molecule has 0 saturated heterocycles. The van der Waals surface area contributed by atoms with Gasteiger partial charge in [-0.3, -0.25) is 0 Å². The zero-order valence-electron chi connectivity index (χ0n) is 29.5. The van der Waals surface area contributed by atoms with Crippen molar-refractivity contribution in [2.75, 3.05) is 9.80 Å². The summed E-state index contributed by atoms with van der Waals surface area (Å²) in [6.07, 6.45) is 6.42. The summed E-state index contributed by atoms with van der Waals surface area (Å²) in [5.74, 6) is 0. The quantitative estimate of drug-likeness (QED) is 0.163. The zero-order chi connectivity index (χ0) is 35.9. The van der Waals surface area contributed by atoms with E-state index in [0.29, 0.717) is 5.02 Å². The average molecular weight is 701 g/mol. The molecule has 0 aromatic heterocycles. The van der Waals surface area contributed by atoms with E-state index in [1.165, 1.54) is 44.5 Å². The minimum atomic E-state index is -0.491. The summed E-state index contributed by atoms with van der Waals surface area (Å²) in [7, 11) is 0. The number of rotatable bonds is 7. The number of benzene rings is 7. The van der Waals surface area contributed by atoms with E-state index in [1.807, 2.05) is 30.3 Å². The molecule has 1 unspecified atom stereocenters. The second kappa shape index (κ2) is 13.3. The molecule has 0 bridgehead atoms. The number of halogens is 1. The van der Waals surface area contributed by atoms with Crippen molar-refractivity contribution in [3.8, 4) is 11.1 Å².